The van der Waals surface area contributed by atoms with Gasteiger partial charge in [-0.15, -0.1) is 6.58 Å². The van der Waals surface area contributed by atoms with E-state index in [1.807, 2.05) is 6.08 Å². The average molecular weight is 383 g/mol. The van der Waals surface area contributed by atoms with Crippen LogP contribution in [0.2, 0.25) is 0 Å². The summed E-state index contributed by atoms with van der Waals surface area (Å²) in [7, 11) is 0. The summed E-state index contributed by atoms with van der Waals surface area (Å²) in [4.78, 5) is 16.9. The molecule has 1 N–H and O–H groups in total. The van der Waals surface area contributed by atoms with Gasteiger partial charge < -0.3 is 5.32 Å². The number of nitrogens with one attached hydrogen (secondary N) is 1. The van der Waals surface area contributed by atoms with E-state index in [1.165, 1.54) is 18.2 Å². The molecule has 0 atom stereocenters. The third kappa shape index (κ3) is 3.29. The summed E-state index contributed by atoms with van der Waals surface area (Å²) in [6.07, 6.45) is 3.55. The maximum absolute atomic E-state index is 14.0. The van der Waals surface area contributed by atoms with Crippen LogP contribution in [0.3, 0.4) is 0 Å². The Kier molecular flexibility index (Phi) is 4.89. The third-order valence-electron chi connectivity index (χ3n) is 5.84. The molecule has 4 nitrogen and oxygen atoms in total. The zero-order valence-corrected chi connectivity index (χ0v) is 15.6. The van der Waals surface area contributed by atoms with Crippen LogP contribution >= 0.6 is 0 Å². The van der Waals surface area contributed by atoms with Gasteiger partial charge in [0.15, 0.2) is 0 Å². The first kappa shape index (κ1) is 18.6. The van der Waals surface area contributed by atoms with Crippen molar-refractivity contribution in [1.82, 2.24) is 4.90 Å². The fraction of sp³-hybridized carbons (Fsp3) is 0.318. The normalized spacial score (nSPS) is 18.1. The van der Waals surface area contributed by atoms with E-state index < -0.39 is 11.8 Å². The Balaban J connectivity index is 1.61. The maximum atomic E-state index is 14.0. The van der Waals surface area contributed by atoms with Crippen LogP contribution < -0.4 is 10.2 Å². The number of anilines is 2. The second kappa shape index (κ2) is 7.36. The van der Waals surface area contributed by atoms with Crippen LogP contribution in [0.1, 0.15) is 18.4 Å². The van der Waals surface area contributed by atoms with Crippen LogP contribution in [-0.2, 0) is 5.41 Å². The molecule has 6 heteroatoms. The lowest BCUT2D eigenvalue weighted by Crippen LogP contribution is -2.46. The van der Waals surface area contributed by atoms with Gasteiger partial charge in [-0.3, -0.25) is 9.80 Å². The van der Waals surface area contributed by atoms with Gasteiger partial charge in [-0.05, 0) is 61.8 Å². The Bertz CT molecular complexity index is 906. The van der Waals surface area contributed by atoms with Crippen molar-refractivity contribution in [2.45, 2.75) is 18.3 Å². The molecule has 0 unspecified atom stereocenters. The molecule has 1 fully saturated rings. The molecule has 2 aromatic rings. The van der Waals surface area contributed by atoms with Crippen molar-refractivity contribution in [2.75, 3.05) is 36.4 Å². The topological polar surface area (TPSA) is 35.6 Å². The molecule has 146 valence electrons. The molecule has 0 radical (unpaired) electrons. The van der Waals surface area contributed by atoms with Crippen molar-refractivity contribution >= 4 is 17.4 Å². The monoisotopic (exact) mass is 383 g/mol. The number of amides is 2. The number of fused-ring (bicyclic) bond motifs is 2. The molecular weight excluding hydrogens is 360 g/mol. The first-order valence-electron chi connectivity index (χ1n) is 9.49. The van der Waals surface area contributed by atoms with E-state index in [0.717, 1.165) is 38.0 Å². The van der Waals surface area contributed by atoms with Crippen molar-refractivity contribution < 1.29 is 13.6 Å². The molecule has 0 aliphatic carbocycles. The minimum atomic E-state index is -0.484. The molecule has 0 saturated carbocycles. The van der Waals surface area contributed by atoms with Crippen LogP contribution in [0.25, 0.3) is 0 Å². The average Bonchev–Trinajstić information content (AvgIpc) is 2.99. The van der Waals surface area contributed by atoms with Crippen molar-refractivity contribution in [3.05, 3.63) is 72.3 Å². The molecule has 2 amide bonds. The molecule has 2 aromatic carbocycles. The number of carbonyl (C=O) groups is 1. The zero-order chi connectivity index (χ0) is 19.7. The standard InChI is InChI=1S/C22H23F2N3O/c1-2-11-26-12-9-22(10-13-26)15-27(20-8-7-16(23)14-17(20)22)21(28)25-19-6-4-3-5-18(19)24/h2-8,14H,1,9-13,15H2,(H,25,28). The fourth-order valence-electron chi connectivity index (χ4n) is 4.34. The number of rotatable bonds is 3. The number of likely N-dealkylation sites (tertiary alicyclic amines) is 1. The van der Waals surface area contributed by atoms with Crippen LogP contribution in [0, 0.1) is 11.6 Å². The number of carbonyl (C=O) groups excluding carboxylic acids is 1. The summed E-state index contributed by atoms with van der Waals surface area (Å²) in [6, 6.07) is 10.2. The Morgan fingerprint density at radius 1 is 1.18 bits per heavy atom. The van der Waals surface area contributed by atoms with Crippen LogP contribution in [0.4, 0.5) is 25.0 Å². The first-order chi connectivity index (χ1) is 13.5. The number of halogens is 2. The van der Waals surface area contributed by atoms with Gasteiger partial charge in [-0.1, -0.05) is 18.2 Å². The summed E-state index contributed by atoms with van der Waals surface area (Å²) < 4.78 is 28.0. The SMILES string of the molecule is C=CCN1CCC2(CC1)CN(C(=O)Nc1ccccc1F)c1ccc(F)cc12. The van der Waals surface area contributed by atoms with Gasteiger partial charge in [-0.25, -0.2) is 13.6 Å². The van der Waals surface area contributed by atoms with Crippen molar-refractivity contribution in [3.8, 4) is 0 Å². The number of para-hydroxylation sites is 1. The Labute approximate surface area is 163 Å². The van der Waals surface area contributed by atoms with Gasteiger partial charge >= 0.3 is 6.03 Å². The van der Waals surface area contributed by atoms with E-state index in [1.54, 1.807) is 29.2 Å². The molecular formula is C22H23F2N3O. The predicted molar refractivity (Wildman–Crippen MR) is 107 cm³/mol. The minimum Gasteiger partial charge on any atom is -0.305 e. The van der Waals surface area contributed by atoms with Crippen molar-refractivity contribution in [3.63, 3.8) is 0 Å². The highest BCUT2D eigenvalue weighted by Gasteiger charge is 2.46. The number of nitrogens with zero attached hydrogens (tertiary/aromatic N) is 2. The summed E-state index contributed by atoms with van der Waals surface area (Å²) in [6.45, 7) is 6.81. The van der Waals surface area contributed by atoms with Gasteiger partial charge in [-0.2, -0.15) is 0 Å². The van der Waals surface area contributed by atoms with Gasteiger partial charge in [0.2, 0.25) is 0 Å². The Morgan fingerprint density at radius 2 is 1.93 bits per heavy atom. The van der Waals surface area contributed by atoms with Crippen LogP contribution in [0.5, 0.6) is 0 Å². The van der Waals surface area contributed by atoms with E-state index in [0.29, 0.717) is 12.2 Å². The van der Waals surface area contributed by atoms with E-state index in [-0.39, 0.29) is 16.9 Å². The first-order valence-corrected chi connectivity index (χ1v) is 9.49. The molecule has 2 aliphatic heterocycles. The second-order valence-corrected chi connectivity index (χ2v) is 7.53. The fourth-order valence-corrected chi connectivity index (χ4v) is 4.34. The number of urea groups is 1. The third-order valence-corrected chi connectivity index (χ3v) is 5.84. The summed E-state index contributed by atoms with van der Waals surface area (Å²) in [5.74, 6) is -0.787. The highest BCUT2D eigenvalue weighted by molar-refractivity contribution is 6.03. The largest absolute Gasteiger partial charge is 0.326 e. The molecule has 1 saturated heterocycles. The minimum absolute atomic E-state index is 0.137. The van der Waals surface area contributed by atoms with Gasteiger partial charge in [0, 0.05) is 24.2 Å². The quantitative estimate of drug-likeness (QED) is 0.790. The smallest absolute Gasteiger partial charge is 0.305 e. The maximum Gasteiger partial charge on any atom is 0.326 e. The summed E-state index contributed by atoms with van der Waals surface area (Å²) >= 11 is 0. The lowest BCUT2D eigenvalue weighted by molar-refractivity contribution is 0.180. The van der Waals surface area contributed by atoms with Crippen molar-refractivity contribution in [1.29, 1.82) is 0 Å². The van der Waals surface area contributed by atoms with Gasteiger partial charge in [0.25, 0.3) is 0 Å². The summed E-state index contributed by atoms with van der Waals surface area (Å²) in [5, 5.41) is 2.65. The molecule has 2 heterocycles. The van der Waals surface area contributed by atoms with E-state index >= 15 is 0 Å². The molecule has 0 bridgehead atoms. The van der Waals surface area contributed by atoms with Crippen LogP contribution in [0.15, 0.2) is 55.1 Å². The number of hydrogen-bond acceptors (Lipinski definition) is 2. The summed E-state index contributed by atoms with van der Waals surface area (Å²) in [5.41, 5.74) is 1.43. The van der Waals surface area contributed by atoms with E-state index in [2.05, 4.69) is 16.8 Å². The Hall–Kier alpha value is -2.73. The predicted octanol–water partition coefficient (Wildman–Crippen LogP) is 4.54. The lowest BCUT2D eigenvalue weighted by atomic mass is 9.74. The van der Waals surface area contributed by atoms with Crippen molar-refractivity contribution in [2.24, 2.45) is 0 Å². The number of piperidine rings is 1. The highest BCUT2D eigenvalue weighted by Crippen LogP contribution is 2.47. The molecule has 28 heavy (non-hydrogen) atoms. The lowest BCUT2D eigenvalue weighted by Gasteiger charge is -2.39. The molecule has 0 aromatic heterocycles. The Morgan fingerprint density at radius 3 is 2.64 bits per heavy atom. The van der Waals surface area contributed by atoms with E-state index in [9.17, 15) is 13.6 Å². The second-order valence-electron chi connectivity index (χ2n) is 7.53. The zero-order valence-electron chi connectivity index (χ0n) is 15.6. The van der Waals surface area contributed by atoms with E-state index in [4.69, 9.17) is 0 Å². The van der Waals surface area contributed by atoms with Gasteiger partial charge in [0.1, 0.15) is 11.6 Å². The van der Waals surface area contributed by atoms with Gasteiger partial charge in [0.05, 0.1) is 5.69 Å². The number of hydrogen-bond donors (Lipinski definition) is 1. The number of benzene rings is 2. The molecule has 4 rings (SSSR count). The van der Waals surface area contributed by atoms with Crippen LogP contribution in [-0.4, -0.2) is 37.1 Å². The highest BCUT2D eigenvalue weighted by atomic mass is 19.1. The molecule has 1 spiro atoms. The molecule has 2 aliphatic rings.